The first-order chi connectivity index (χ1) is 22.8. The van der Waals surface area contributed by atoms with Crippen molar-refractivity contribution in [2.24, 2.45) is 0 Å². The number of benzene rings is 5. The van der Waals surface area contributed by atoms with Gasteiger partial charge < -0.3 is 15.7 Å². The molecule has 230 valence electrons. The molecule has 1 heterocycles. The molecule has 0 bridgehead atoms. The van der Waals surface area contributed by atoms with Crippen molar-refractivity contribution in [3.05, 3.63) is 148 Å². The van der Waals surface area contributed by atoms with Gasteiger partial charge in [-0.25, -0.2) is 4.79 Å². The van der Waals surface area contributed by atoms with Gasteiger partial charge >= 0.3 is 5.97 Å². The van der Waals surface area contributed by atoms with Crippen molar-refractivity contribution in [2.75, 3.05) is 10.6 Å². The summed E-state index contributed by atoms with van der Waals surface area (Å²) >= 11 is 2.62. The van der Waals surface area contributed by atoms with Crippen molar-refractivity contribution < 1.29 is 19.5 Å². The Morgan fingerprint density at radius 3 is 2.23 bits per heavy atom. The summed E-state index contributed by atoms with van der Waals surface area (Å²) in [6, 6.07) is 36.6. The van der Waals surface area contributed by atoms with Crippen molar-refractivity contribution in [3.63, 3.8) is 0 Å². The highest BCUT2D eigenvalue weighted by atomic mass is 32.2. The maximum absolute atomic E-state index is 13.9. The van der Waals surface area contributed by atoms with E-state index in [1.54, 1.807) is 48.5 Å². The number of nitriles is 1. The number of thiophene rings is 1. The second kappa shape index (κ2) is 13.7. The third-order valence-corrected chi connectivity index (χ3v) is 9.71. The summed E-state index contributed by atoms with van der Waals surface area (Å²) in [5.74, 6) is -1.85. The van der Waals surface area contributed by atoms with Crippen LogP contribution in [0.3, 0.4) is 0 Å². The zero-order valence-corrected chi connectivity index (χ0v) is 26.7. The predicted octanol–water partition coefficient (Wildman–Crippen LogP) is 9.17. The van der Waals surface area contributed by atoms with E-state index in [0.29, 0.717) is 27.0 Å². The quantitative estimate of drug-likeness (QED) is 0.134. The number of carboxylic acid groups (broad SMARTS) is 1. The van der Waals surface area contributed by atoms with Gasteiger partial charge in [-0.05, 0) is 53.8 Å². The average Bonchev–Trinajstić information content (AvgIpc) is 3.49. The van der Waals surface area contributed by atoms with Crippen LogP contribution in [0.15, 0.2) is 126 Å². The minimum atomic E-state index is -1.12. The fourth-order valence-corrected chi connectivity index (χ4v) is 7.28. The van der Waals surface area contributed by atoms with Gasteiger partial charge in [-0.2, -0.15) is 5.26 Å². The highest BCUT2D eigenvalue weighted by Crippen LogP contribution is 2.40. The Balaban J connectivity index is 1.26. The van der Waals surface area contributed by atoms with Crippen molar-refractivity contribution >= 4 is 62.3 Å². The molecule has 5 aromatic carbocycles. The molecule has 9 heteroatoms. The van der Waals surface area contributed by atoms with Crippen molar-refractivity contribution in [2.45, 2.75) is 17.1 Å². The molecule has 2 amide bonds. The van der Waals surface area contributed by atoms with Crippen LogP contribution in [0.25, 0.3) is 21.9 Å². The van der Waals surface area contributed by atoms with E-state index in [0.717, 1.165) is 27.1 Å². The molecule has 3 N–H and O–H groups in total. The number of carbonyl (C=O) groups is 3. The van der Waals surface area contributed by atoms with Crippen LogP contribution < -0.4 is 10.6 Å². The lowest BCUT2D eigenvalue weighted by atomic mass is 9.98. The van der Waals surface area contributed by atoms with E-state index in [2.05, 4.69) is 16.7 Å². The number of nitrogens with zero attached hydrogens (tertiary/aromatic N) is 1. The number of thioether (sulfide) groups is 1. The summed E-state index contributed by atoms with van der Waals surface area (Å²) in [7, 11) is 0. The van der Waals surface area contributed by atoms with Crippen LogP contribution in [0.2, 0.25) is 0 Å². The number of aromatic carboxylic acids is 1. The zero-order chi connectivity index (χ0) is 32.9. The Morgan fingerprint density at radius 1 is 0.830 bits per heavy atom. The van der Waals surface area contributed by atoms with E-state index in [1.807, 2.05) is 73.0 Å². The highest BCUT2D eigenvalue weighted by Gasteiger charge is 2.25. The number of carboxylic acids is 1. The van der Waals surface area contributed by atoms with Gasteiger partial charge in [0.1, 0.15) is 16.3 Å². The number of hydrogen-bond donors (Lipinski definition) is 3. The number of anilines is 2. The molecular weight excluding hydrogens is 627 g/mol. The fraction of sp³-hybridized carbons (Fsp3) is 0.0526. The maximum Gasteiger partial charge on any atom is 0.336 e. The van der Waals surface area contributed by atoms with Gasteiger partial charge in [0, 0.05) is 32.5 Å². The number of hydrogen-bond acceptors (Lipinski definition) is 6. The number of amides is 2. The number of fused-ring (bicyclic) bond motifs is 1. The topological polar surface area (TPSA) is 119 Å². The molecule has 0 saturated heterocycles. The third-order valence-electron chi connectivity index (χ3n) is 7.57. The zero-order valence-electron chi connectivity index (χ0n) is 25.1. The first-order valence-electron chi connectivity index (χ1n) is 14.6. The van der Waals surface area contributed by atoms with Crippen LogP contribution >= 0.6 is 23.1 Å². The first kappa shape index (κ1) is 31.3. The van der Waals surface area contributed by atoms with E-state index in [9.17, 15) is 24.8 Å². The van der Waals surface area contributed by atoms with Crippen LogP contribution in [0.1, 0.15) is 42.7 Å². The van der Waals surface area contributed by atoms with E-state index in [1.165, 1.54) is 29.2 Å². The molecule has 1 aromatic heterocycles. The molecule has 0 aliphatic carbocycles. The lowest BCUT2D eigenvalue weighted by molar-refractivity contribution is -0.115. The summed E-state index contributed by atoms with van der Waals surface area (Å²) in [6.45, 7) is 2.00. The molecule has 0 spiro atoms. The molecule has 1 atom stereocenters. The Kier molecular flexibility index (Phi) is 9.16. The van der Waals surface area contributed by atoms with Crippen molar-refractivity contribution in [3.8, 4) is 17.2 Å². The second-order valence-corrected chi connectivity index (χ2v) is 12.8. The number of rotatable bonds is 9. The van der Waals surface area contributed by atoms with E-state index < -0.39 is 17.1 Å². The summed E-state index contributed by atoms with van der Waals surface area (Å²) < 4.78 is 0. The summed E-state index contributed by atoms with van der Waals surface area (Å²) in [4.78, 5) is 40.0. The molecule has 6 rings (SSSR count). The molecular formula is C38H27N3O4S2. The fourth-order valence-electron chi connectivity index (χ4n) is 5.27. The van der Waals surface area contributed by atoms with E-state index >= 15 is 0 Å². The van der Waals surface area contributed by atoms with Gasteiger partial charge in [-0.1, -0.05) is 90.5 Å². The van der Waals surface area contributed by atoms with E-state index in [-0.39, 0.29) is 17.0 Å². The normalized spacial score (nSPS) is 11.4. The second-order valence-electron chi connectivity index (χ2n) is 10.7. The molecule has 0 aliphatic rings. The molecule has 0 fully saturated rings. The predicted molar refractivity (Wildman–Crippen MR) is 188 cm³/mol. The number of nitrogens with one attached hydrogen (secondary N) is 2. The number of aryl methyl sites for hydroxylation is 1. The monoisotopic (exact) mass is 653 g/mol. The average molecular weight is 654 g/mol. The Morgan fingerprint density at radius 2 is 1.53 bits per heavy atom. The summed E-state index contributed by atoms with van der Waals surface area (Å²) in [5.41, 5.74) is 4.75. The smallest absolute Gasteiger partial charge is 0.336 e. The Bertz CT molecular complexity index is 2160. The lowest BCUT2D eigenvalue weighted by Crippen LogP contribution is -2.19. The van der Waals surface area contributed by atoms with Crippen LogP contribution in [0.4, 0.5) is 10.7 Å². The first-order valence-corrected chi connectivity index (χ1v) is 16.4. The van der Waals surface area contributed by atoms with Gasteiger partial charge in [0.15, 0.2) is 0 Å². The van der Waals surface area contributed by atoms with Gasteiger partial charge in [-0.15, -0.1) is 23.1 Å². The molecule has 1 unspecified atom stereocenters. The number of carbonyl (C=O) groups excluding carboxylic acids is 2. The minimum absolute atomic E-state index is 0.0468. The lowest BCUT2D eigenvalue weighted by Gasteiger charge is -2.17. The summed E-state index contributed by atoms with van der Waals surface area (Å²) in [6.07, 6.45) is 0. The van der Waals surface area contributed by atoms with Crippen LogP contribution in [-0.2, 0) is 4.79 Å². The third kappa shape index (κ3) is 6.79. The molecule has 0 saturated carbocycles. The molecule has 7 nitrogen and oxygen atoms in total. The van der Waals surface area contributed by atoms with Gasteiger partial charge in [0.25, 0.3) is 5.91 Å². The van der Waals surface area contributed by atoms with Gasteiger partial charge in [0.2, 0.25) is 5.91 Å². The van der Waals surface area contributed by atoms with E-state index in [4.69, 9.17) is 0 Å². The van der Waals surface area contributed by atoms with Crippen molar-refractivity contribution in [1.82, 2.24) is 0 Å². The summed E-state index contributed by atoms with van der Waals surface area (Å²) in [5, 5.41) is 28.4. The molecule has 0 radical (unpaired) electrons. The van der Waals surface area contributed by atoms with Crippen molar-refractivity contribution in [1.29, 1.82) is 5.26 Å². The molecule has 47 heavy (non-hydrogen) atoms. The largest absolute Gasteiger partial charge is 0.478 e. The van der Waals surface area contributed by atoms with Crippen LogP contribution in [-0.4, -0.2) is 22.9 Å². The Labute approximate surface area is 279 Å². The molecule has 0 aliphatic heterocycles. The SMILES string of the molecule is Cc1ccc(-c2csc(NC(=O)C(Sc3cccc(NC(=O)c4cccc5cccc(C(=O)O)c45)c3)c3ccccc3)c2C#N)cc1. The van der Waals surface area contributed by atoms with Gasteiger partial charge in [-0.3, -0.25) is 9.59 Å². The van der Waals surface area contributed by atoms with Crippen LogP contribution in [0.5, 0.6) is 0 Å². The standard InChI is InChI=1S/C38H27N3O4S2/c1-23-16-18-24(19-17-23)32-22-46-37(31(32)21-39)41-36(43)34(26-8-3-2-4-9-26)47-28-13-7-12-27(20-28)40-35(42)29-14-5-10-25-11-6-15-30(33(25)29)38(44)45/h2-20,22,34H,1H3,(H,40,42)(H,41,43)(H,44,45). The van der Waals surface area contributed by atoms with Crippen LogP contribution in [0, 0.1) is 18.3 Å². The highest BCUT2D eigenvalue weighted by molar-refractivity contribution is 8.00. The minimum Gasteiger partial charge on any atom is -0.478 e. The van der Waals surface area contributed by atoms with Gasteiger partial charge in [0.05, 0.1) is 11.1 Å². The Hall–Kier alpha value is -5.69. The maximum atomic E-state index is 13.9. The molecule has 6 aromatic rings.